The number of hydrogen-bond acceptors (Lipinski definition) is 2. The van der Waals surface area contributed by atoms with Gasteiger partial charge in [-0.15, -0.1) is 0 Å². The van der Waals surface area contributed by atoms with Crippen LogP contribution in [0.1, 0.15) is 29.2 Å². The van der Waals surface area contributed by atoms with Crippen LogP contribution in [0.5, 0.6) is 5.75 Å². The van der Waals surface area contributed by atoms with Crippen LogP contribution < -0.4 is 4.74 Å². The Morgan fingerprint density at radius 1 is 0.762 bits per heavy atom. The summed E-state index contributed by atoms with van der Waals surface area (Å²) < 4.78 is 13.0. The van der Waals surface area contributed by atoms with Crippen molar-refractivity contribution in [3.05, 3.63) is 155 Å². The molecule has 6 aliphatic carbocycles. The van der Waals surface area contributed by atoms with E-state index in [0.29, 0.717) is 35.5 Å². The van der Waals surface area contributed by atoms with Crippen molar-refractivity contribution in [1.82, 2.24) is 0 Å². The van der Waals surface area contributed by atoms with Gasteiger partial charge in [0.25, 0.3) is 0 Å². The number of ether oxygens (including phenoxy) is 1. The molecule has 1 saturated carbocycles. The highest BCUT2D eigenvalue weighted by atomic mass is 16.5. The first-order valence-corrected chi connectivity index (χ1v) is 15.6. The molecule has 204 valence electrons. The Labute approximate surface area is 246 Å². The third kappa shape index (κ3) is 3.21. The maximum Gasteiger partial charge on any atom is 0.135 e. The summed E-state index contributed by atoms with van der Waals surface area (Å²) in [6, 6.07) is 17.2. The lowest BCUT2D eigenvalue weighted by atomic mass is 9.52. The Hall–Kier alpha value is -4.30. The van der Waals surface area contributed by atoms with E-state index < -0.39 is 0 Å². The SMILES string of the molecule is C1=CC2=CC3=CC4Oc5ccccc5C4C=C3C(C3C4=Cc5oc6ccccc6c5CC4CC4C=CC=CC43)C2C=C1. The van der Waals surface area contributed by atoms with Gasteiger partial charge in [-0.05, 0) is 77.5 Å². The molecule has 8 atom stereocenters. The van der Waals surface area contributed by atoms with E-state index in [0.717, 1.165) is 23.5 Å². The summed E-state index contributed by atoms with van der Waals surface area (Å²) in [5.74, 6) is 5.04. The number of allylic oxidation sites excluding steroid dienone is 13. The predicted octanol–water partition coefficient (Wildman–Crippen LogP) is 9.08. The van der Waals surface area contributed by atoms with Gasteiger partial charge in [0, 0.05) is 34.3 Å². The van der Waals surface area contributed by atoms with Crippen LogP contribution in [0.25, 0.3) is 17.0 Å². The maximum atomic E-state index is 6.53. The molecule has 0 N–H and O–H groups in total. The van der Waals surface area contributed by atoms with Crippen LogP contribution in [0.3, 0.4) is 0 Å². The molecule has 10 rings (SSSR count). The second kappa shape index (κ2) is 8.61. The monoisotopic (exact) mass is 544 g/mol. The largest absolute Gasteiger partial charge is 0.485 e. The van der Waals surface area contributed by atoms with Crippen LogP contribution in [-0.4, -0.2) is 6.10 Å². The zero-order valence-electron chi connectivity index (χ0n) is 23.4. The average molecular weight is 545 g/mol. The molecular weight excluding hydrogens is 512 g/mol. The summed E-state index contributed by atoms with van der Waals surface area (Å²) in [5.41, 5.74) is 9.63. The molecule has 1 fully saturated rings. The number of furan rings is 1. The Bertz CT molecular complexity index is 1910. The van der Waals surface area contributed by atoms with E-state index in [1.54, 1.807) is 5.57 Å². The zero-order chi connectivity index (χ0) is 27.4. The molecule has 2 nitrogen and oxygen atoms in total. The molecule has 0 radical (unpaired) electrons. The van der Waals surface area contributed by atoms with Gasteiger partial charge in [-0.25, -0.2) is 0 Å². The molecule has 3 aromatic rings. The molecular formula is C40H32O2. The molecule has 1 aliphatic heterocycles. The van der Waals surface area contributed by atoms with E-state index in [-0.39, 0.29) is 12.0 Å². The van der Waals surface area contributed by atoms with E-state index in [4.69, 9.17) is 9.15 Å². The molecule has 7 aliphatic rings. The summed E-state index contributed by atoms with van der Waals surface area (Å²) in [5, 5.41) is 1.29. The first kappa shape index (κ1) is 23.3. The molecule has 2 heteroatoms. The quantitative estimate of drug-likeness (QED) is 0.305. The number of hydrogen-bond donors (Lipinski definition) is 0. The van der Waals surface area contributed by atoms with Crippen molar-refractivity contribution in [1.29, 1.82) is 0 Å². The van der Waals surface area contributed by atoms with Crippen molar-refractivity contribution in [2.75, 3.05) is 0 Å². The van der Waals surface area contributed by atoms with Crippen LogP contribution in [0.4, 0.5) is 0 Å². The molecule has 42 heavy (non-hydrogen) atoms. The molecule has 0 spiro atoms. The molecule has 0 saturated heterocycles. The van der Waals surface area contributed by atoms with E-state index >= 15 is 0 Å². The highest BCUT2D eigenvalue weighted by Gasteiger charge is 2.50. The fourth-order valence-corrected chi connectivity index (χ4v) is 9.37. The minimum Gasteiger partial charge on any atom is -0.485 e. The Morgan fingerprint density at radius 3 is 2.64 bits per heavy atom. The number of rotatable bonds is 1. The fraction of sp³-hybridized carbons (Fsp3) is 0.250. The van der Waals surface area contributed by atoms with Crippen molar-refractivity contribution < 1.29 is 9.15 Å². The van der Waals surface area contributed by atoms with Crippen molar-refractivity contribution in [3.8, 4) is 5.75 Å². The minimum atomic E-state index is 0.0645. The van der Waals surface area contributed by atoms with Crippen molar-refractivity contribution in [2.24, 2.45) is 35.5 Å². The average Bonchev–Trinajstić information content (AvgIpc) is 3.58. The third-order valence-corrected chi connectivity index (χ3v) is 11.1. The highest BCUT2D eigenvalue weighted by molar-refractivity contribution is 5.86. The van der Waals surface area contributed by atoms with E-state index in [2.05, 4.69) is 121 Å². The van der Waals surface area contributed by atoms with Crippen LogP contribution in [0.15, 0.2) is 142 Å². The molecule has 0 bridgehead atoms. The lowest BCUT2D eigenvalue weighted by molar-refractivity contribution is 0.177. The van der Waals surface area contributed by atoms with Crippen molar-refractivity contribution >= 4 is 17.0 Å². The van der Waals surface area contributed by atoms with Gasteiger partial charge in [-0.3, -0.25) is 0 Å². The van der Waals surface area contributed by atoms with Crippen LogP contribution in [-0.2, 0) is 6.42 Å². The summed E-state index contributed by atoms with van der Waals surface area (Å²) in [6.45, 7) is 0. The first-order valence-electron chi connectivity index (χ1n) is 15.6. The molecule has 2 heterocycles. The van der Waals surface area contributed by atoms with Gasteiger partial charge in [-0.1, -0.05) is 103 Å². The van der Waals surface area contributed by atoms with Crippen LogP contribution in [0, 0.1) is 35.5 Å². The second-order valence-electron chi connectivity index (χ2n) is 13.1. The van der Waals surface area contributed by atoms with Gasteiger partial charge in [0.15, 0.2) is 0 Å². The number of para-hydroxylation sites is 2. The summed E-state index contributed by atoms with van der Waals surface area (Å²) >= 11 is 0. The molecule has 1 aromatic heterocycles. The Kier molecular flexibility index (Phi) is 4.77. The van der Waals surface area contributed by atoms with Gasteiger partial charge in [0.2, 0.25) is 0 Å². The molecule has 8 unspecified atom stereocenters. The normalized spacial score (nSPS) is 34.4. The van der Waals surface area contributed by atoms with Gasteiger partial charge in [0.05, 0.1) is 0 Å². The van der Waals surface area contributed by atoms with E-state index in [9.17, 15) is 0 Å². The van der Waals surface area contributed by atoms with Gasteiger partial charge < -0.3 is 9.15 Å². The van der Waals surface area contributed by atoms with Crippen LogP contribution in [0.2, 0.25) is 0 Å². The summed E-state index contributed by atoms with van der Waals surface area (Å²) in [4.78, 5) is 0. The van der Waals surface area contributed by atoms with Gasteiger partial charge >= 0.3 is 0 Å². The van der Waals surface area contributed by atoms with Crippen molar-refractivity contribution in [2.45, 2.75) is 24.9 Å². The Balaban J connectivity index is 1.18. The van der Waals surface area contributed by atoms with Gasteiger partial charge in [0.1, 0.15) is 23.2 Å². The third-order valence-electron chi connectivity index (χ3n) is 11.1. The predicted molar refractivity (Wildman–Crippen MR) is 168 cm³/mol. The smallest absolute Gasteiger partial charge is 0.135 e. The van der Waals surface area contributed by atoms with Crippen LogP contribution >= 0.6 is 0 Å². The second-order valence-corrected chi connectivity index (χ2v) is 13.1. The van der Waals surface area contributed by atoms with Crippen molar-refractivity contribution in [3.63, 3.8) is 0 Å². The maximum absolute atomic E-state index is 6.53. The zero-order valence-corrected chi connectivity index (χ0v) is 23.4. The lowest BCUT2D eigenvalue weighted by Crippen LogP contribution is -2.44. The van der Waals surface area contributed by atoms with E-state index in [1.807, 2.05) is 0 Å². The first-order chi connectivity index (χ1) is 20.8. The van der Waals surface area contributed by atoms with E-state index in [1.165, 1.54) is 39.7 Å². The Morgan fingerprint density at radius 2 is 1.64 bits per heavy atom. The molecule has 0 amide bonds. The number of benzene rings is 2. The number of fused-ring (bicyclic) bond motifs is 10. The summed E-state index contributed by atoms with van der Waals surface area (Å²) in [6.07, 6.45) is 31.1. The lowest BCUT2D eigenvalue weighted by Gasteiger charge is -2.51. The summed E-state index contributed by atoms with van der Waals surface area (Å²) in [7, 11) is 0. The highest BCUT2D eigenvalue weighted by Crippen LogP contribution is 2.59. The standard InChI is InChI=1S/C40H32O2/c1-4-12-28-23(9-1)17-25-19-33-29-13-5-7-15-35(29)42-38(33)22-32(25)40(28)39-27-11-3-2-10-24(27)18-26-20-37-34(21-31(26)39)30-14-6-8-16-36(30)41-37/h1-16,18,20-23,25,27-28,34,37,39-40H,17,19H2. The molecule has 2 aromatic carbocycles. The van der Waals surface area contributed by atoms with Gasteiger partial charge in [-0.2, -0.15) is 0 Å². The minimum absolute atomic E-state index is 0.0645. The fourth-order valence-electron chi connectivity index (χ4n) is 9.37. The topological polar surface area (TPSA) is 22.4 Å².